The molecule has 0 aromatic carbocycles. The fraction of sp³-hybridized carbons (Fsp3) is 0.667. The van der Waals surface area contributed by atoms with Crippen molar-refractivity contribution in [1.82, 2.24) is 9.55 Å². The van der Waals surface area contributed by atoms with E-state index >= 15 is 0 Å². The summed E-state index contributed by atoms with van der Waals surface area (Å²) in [6.07, 6.45) is 6.48. The van der Waals surface area contributed by atoms with Gasteiger partial charge in [0.2, 0.25) is 0 Å². The number of nitrogens with two attached hydrogens (primary N) is 1. The summed E-state index contributed by atoms with van der Waals surface area (Å²) in [6, 6.07) is 0.719. The minimum absolute atomic E-state index is 0.438. The summed E-state index contributed by atoms with van der Waals surface area (Å²) in [6.45, 7) is 2.86. The van der Waals surface area contributed by atoms with Gasteiger partial charge in [-0.15, -0.1) is 0 Å². The molecule has 1 saturated carbocycles. The van der Waals surface area contributed by atoms with Crippen LogP contribution in [0, 0.1) is 0 Å². The van der Waals surface area contributed by atoms with E-state index < -0.39 is 0 Å². The maximum atomic E-state index is 5.61. The van der Waals surface area contributed by atoms with Gasteiger partial charge in [-0.05, 0) is 12.8 Å². The smallest absolute Gasteiger partial charge is 0.0950 e. The molecule has 1 aliphatic carbocycles. The van der Waals surface area contributed by atoms with Gasteiger partial charge in [-0.3, -0.25) is 0 Å². The zero-order chi connectivity index (χ0) is 8.55. The highest BCUT2D eigenvalue weighted by atomic mass is 15.1. The van der Waals surface area contributed by atoms with E-state index in [1.807, 2.05) is 12.5 Å². The SMILES string of the molecule is CC(CN)c1cncn1C1CC1. The molecule has 1 atom stereocenters. The third-order valence-corrected chi connectivity index (χ3v) is 2.49. The van der Waals surface area contributed by atoms with Gasteiger partial charge in [-0.1, -0.05) is 6.92 Å². The third kappa shape index (κ3) is 1.25. The Kier molecular flexibility index (Phi) is 1.89. The van der Waals surface area contributed by atoms with Crippen LogP contribution in [0.5, 0.6) is 0 Å². The van der Waals surface area contributed by atoms with Gasteiger partial charge >= 0.3 is 0 Å². The van der Waals surface area contributed by atoms with Crippen LogP contribution in [0.1, 0.15) is 37.4 Å². The molecule has 2 rings (SSSR count). The molecular weight excluding hydrogens is 150 g/mol. The van der Waals surface area contributed by atoms with Crippen molar-refractivity contribution in [2.75, 3.05) is 6.54 Å². The number of hydrogen-bond donors (Lipinski definition) is 1. The monoisotopic (exact) mass is 165 g/mol. The van der Waals surface area contributed by atoms with E-state index in [1.54, 1.807) is 0 Å². The number of hydrogen-bond acceptors (Lipinski definition) is 2. The first-order valence-corrected chi connectivity index (χ1v) is 4.54. The van der Waals surface area contributed by atoms with Crippen molar-refractivity contribution in [3.63, 3.8) is 0 Å². The lowest BCUT2D eigenvalue weighted by atomic mass is 10.1. The predicted molar refractivity (Wildman–Crippen MR) is 48.0 cm³/mol. The highest BCUT2D eigenvalue weighted by Crippen LogP contribution is 2.36. The second-order valence-corrected chi connectivity index (χ2v) is 3.59. The lowest BCUT2D eigenvalue weighted by molar-refractivity contribution is 0.635. The zero-order valence-corrected chi connectivity index (χ0v) is 7.40. The number of rotatable bonds is 3. The summed E-state index contributed by atoms with van der Waals surface area (Å²) >= 11 is 0. The Balaban J connectivity index is 2.23. The maximum Gasteiger partial charge on any atom is 0.0950 e. The van der Waals surface area contributed by atoms with E-state index in [-0.39, 0.29) is 0 Å². The van der Waals surface area contributed by atoms with Gasteiger partial charge < -0.3 is 10.3 Å². The van der Waals surface area contributed by atoms with Gasteiger partial charge in [0.25, 0.3) is 0 Å². The highest BCUT2D eigenvalue weighted by Gasteiger charge is 2.26. The molecule has 1 heterocycles. The molecule has 3 nitrogen and oxygen atoms in total. The maximum absolute atomic E-state index is 5.61. The normalized spacial score (nSPS) is 19.5. The summed E-state index contributed by atoms with van der Waals surface area (Å²) in [7, 11) is 0. The van der Waals surface area contributed by atoms with Crippen molar-refractivity contribution in [1.29, 1.82) is 0 Å². The number of nitrogens with zero attached hydrogens (tertiary/aromatic N) is 2. The second-order valence-electron chi connectivity index (χ2n) is 3.59. The van der Waals surface area contributed by atoms with Crippen LogP contribution in [0.4, 0.5) is 0 Å². The Morgan fingerprint density at radius 3 is 3.08 bits per heavy atom. The molecule has 0 aliphatic heterocycles. The molecule has 0 bridgehead atoms. The van der Waals surface area contributed by atoms with Crippen molar-refractivity contribution < 1.29 is 0 Å². The Morgan fingerprint density at radius 2 is 2.50 bits per heavy atom. The minimum Gasteiger partial charge on any atom is -0.331 e. The van der Waals surface area contributed by atoms with E-state index in [2.05, 4.69) is 16.5 Å². The summed E-state index contributed by atoms with van der Waals surface area (Å²) in [5.74, 6) is 0.438. The fourth-order valence-corrected chi connectivity index (χ4v) is 1.48. The summed E-state index contributed by atoms with van der Waals surface area (Å²) in [4.78, 5) is 4.16. The van der Waals surface area contributed by atoms with E-state index in [0.717, 1.165) is 6.04 Å². The van der Waals surface area contributed by atoms with E-state index in [4.69, 9.17) is 5.73 Å². The Morgan fingerprint density at radius 1 is 1.75 bits per heavy atom. The Labute approximate surface area is 72.6 Å². The minimum atomic E-state index is 0.438. The quantitative estimate of drug-likeness (QED) is 0.733. The van der Waals surface area contributed by atoms with E-state index in [9.17, 15) is 0 Å². The molecule has 1 aliphatic rings. The number of aromatic nitrogens is 2. The standard InChI is InChI=1S/C9H15N3/c1-7(4-10)9-5-11-6-12(9)8-2-3-8/h5-8H,2-4,10H2,1H3. The number of imidazole rings is 1. The van der Waals surface area contributed by atoms with Crippen LogP contribution in [-0.4, -0.2) is 16.1 Å². The van der Waals surface area contributed by atoms with Gasteiger partial charge in [-0.25, -0.2) is 4.98 Å². The lowest BCUT2D eigenvalue weighted by Crippen LogP contribution is -2.12. The van der Waals surface area contributed by atoms with Gasteiger partial charge in [0, 0.05) is 30.4 Å². The van der Waals surface area contributed by atoms with Crippen LogP contribution in [0.15, 0.2) is 12.5 Å². The first-order chi connectivity index (χ1) is 5.83. The fourth-order valence-electron chi connectivity index (χ4n) is 1.48. The van der Waals surface area contributed by atoms with Crippen LogP contribution in [-0.2, 0) is 0 Å². The van der Waals surface area contributed by atoms with Crippen LogP contribution in [0.25, 0.3) is 0 Å². The molecule has 1 unspecified atom stereocenters. The Hall–Kier alpha value is -0.830. The summed E-state index contributed by atoms with van der Waals surface area (Å²) in [5.41, 5.74) is 6.90. The molecule has 0 saturated heterocycles. The molecular formula is C9H15N3. The van der Waals surface area contributed by atoms with Crippen LogP contribution >= 0.6 is 0 Å². The van der Waals surface area contributed by atoms with Crippen molar-refractivity contribution in [3.05, 3.63) is 18.2 Å². The Bertz CT molecular complexity index is 262. The molecule has 1 aromatic heterocycles. The first-order valence-electron chi connectivity index (χ1n) is 4.54. The molecule has 0 radical (unpaired) electrons. The molecule has 12 heavy (non-hydrogen) atoms. The van der Waals surface area contributed by atoms with Crippen LogP contribution < -0.4 is 5.73 Å². The lowest BCUT2D eigenvalue weighted by Gasteiger charge is -2.11. The molecule has 0 amide bonds. The zero-order valence-electron chi connectivity index (χ0n) is 7.40. The van der Waals surface area contributed by atoms with Gasteiger partial charge in [0.1, 0.15) is 0 Å². The average Bonchev–Trinajstić information content (AvgIpc) is 2.83. The van der Waals surface area contributed by atoms with E-state index in [0.29, 0.717) is 12.5 Å². The molecule has 0 spiro atoms. The van der Waals surface area contributed by atoms with E-state index in [1.165, 1.54) is 18.5 Å². The molecule has 2 N–H and O–H groups in total. The molecule has 66 valence electrons. The first kappa shape index (κ1) is 7.80. The largest absolute Gasteiger partial charge is 0.331 e. The topological polar surface area (TPSA) is 43.8 Å². The highest BCUT2D eigenvalue weighted by molar-refractivity contribution is 5.09. The summed E-state index contributed by atoms with van der Waals surface area (Å²) in [5, 5.41) is 0. The predicted octanol–water partition coefficient (Wildman–Crippen LogP) is 1.28. The average molecular weight is 165 g/mol. The van der Waals surface area contributed by atoms with Crippen molar-refractivity contribution in [2.24, 2.45) is 5.73 Å². The van der Waals surface area contributed by atoms with Crippen LogP contribution in [0.3, 0.4) is 0 Å². The second kappa shape index (κ2) is 2.90. The van der Waals surface area contributed by atoms with Gasteiger partial charge in [-0.2, -0.15) is 0 Å². The molecule has 3 heteroatoms. The molecule has 1 fully saturated rings. The van der Waals surface area contributed by atoms with Gasteiger partial charge in [0.15, 0.2) is 0 Å². The van der Waals surface area contributed by atoms with Crippen molar-refractivity contribution >= 4 is 0 Å². The summed E-state index contributed by atoms with van der Waals surface area (Å²) < 4.78 is 2.28. The van der Waals surface area contributed by atoms with Crippen molar-refractivity contribution in [3.8, 4) is 0 Å². The van der Waals surface area contributed by atoms with Gasteiger partial charge in [0.05, 0.1) is 6.33 Å². The molecule has 1 aromatic rings. The third-order valence-electron chi connectivity index (χ3n) is 2.49. The van der Waals surface area contributed by atoms with Crippen molar-refractivity contribution in [2.45, 2.75) is 31.7 Å². The van der Waals surface area contributed by atoms with Crippen LogP contribution in [0.2, 0.25) is 0 Å².